The van der Waals surface area contributed by atoms with Crippen molar-refractivity contribution < 1.29 is 4.79 Å². The van der Waals surface area contributed by atoms with E-state index in [1.807, 2.05) is 33.7 Å². The SMILES string of the molecule is NC(=O)[C@@H]1CCCN1c1nc(Nc2cc(C3CC3)[nH]n2)n2cccc2n1. The summed E-state index contributed by atoms with van der Waals surface area (Å²) in [7, 11) is 0. The molecule has 3 aromatic heterocycles. The minimum atomic E-state index is -0.355. The fourth-order valence-corrected chi connectivity index (χ4v) is 3.56. The molecule has 0 radical (unpaired) electrons. The summed E-state index contributed by atoms with van der Waals surface area (Å²) >= 11 is 0. The summed E-state index contributed by atoms with van der Waals surface area (Å²) in [5, 5.41) is 10.7. The normalized spacial score (nSPS) is 20.0. The van der Waals surface area contributed by atoms with E-state index >= 15 is 0 Å². The van der Waals surface area contributed by atoms with E-state index in [2.05, 4.69) is 25.5 Å². The van der Waals surface area contributed by atoms with Gasteiger partial charge in [0.15, 0.2) is 5.82 Å². The Morgan fingerprint density at radius 3 is 3.00 bits per heavy atom. The number of aromatic nitrogens is 5. The van der Waals surface area contributed by atoms with Gasteiger partial charge in [-0.3, -0.25) is 14.3 Å². The number of hydrogen-bond donors (Lipinski definition) is 3. The molecule has 1 atom stereocenters. The topological polar surface area (TPSA) is 117 Å². The maximum absolute atomic E-state index is 11.7. The number of fused-ring (bicyclic) bond motifs is 1. The Morgan fingerprint density at radius 2 is 2.19 bits per heavy atom. The highest BCUT2D eigenvalue weighted by Gasteiger charge is 2.31. The molecule has 2 fully saturated rings. The van der Waals surface area contributed by atoms with Crippen LogP contribution < -0.4 is 16.0 Å². The van der Waals surface area contributed by atoms with Crippen molar-refractivity contribution in [2.75, 3.05) is 16.8 Å². The fourth-order valence-electron chi connectivity index (χ4n) is 3.56. The summed E-state index contributed by atoms with van der Waals surface area (Å²) in [6.45, 7) is 0.720. The standard InChI is InChI=1S/C17H20N8O/c18-15(26)12-3-1-7-24(12)17-20-14-4-2-8-25(14)16(21-17)19-13-9-11(22-23-13)10-5-6-10/h2,4,8-10,12H,1,3,5-7H2,(H2,18,26)(H2,19,20,21,22,23)/t12-/m0/s1. The molecule has 9 nitrogen and oxygen atoms in total. The van der Waals surface area contributed by atoms with E-state index < -0.39 is 0 Å². The van der Waals surface area contributed by atoms with Crippen LogP contribution in [0.5, 0.6) is 0 Å². The molecule has 1 aliphatic heterocycles. The Morgan fingerprint density at radius 1 is 1.31 bits per heavy atom. The first-order valence-corrected chi connectivity index (χ1v) is 8.92. The van der Waals surface area contributed by atoms with Gasteiger partial charge in [-0.2, -0.15) is 15.1 Å². The van der Waals surface area contributed by atoms with Crippen molar-refractivity contribution in [2.45, 2.75) is 37.6 Å². The quantitative estimate of drug-likeness (QED) is 0.641. The van der Waals surface area contributed by atoms with Crippen molar-refractivity contribution in [1.29, 1.82) is 0 Å². The van der Waals surface area contributed by atoms with Crippen molar-refractivity contribution in [3.05, 3.63) is 30.1 Å². The van der Waals surface area contributed by atoms with Crippen molar-refractivity contribution in [3.63, 3.8) is 0 Å². The highest BCUT2D eigenvalue weighted by Crippen LogP contribution is 2.39. The zero-order valence-corrected chi connectivity index (χ0v) is 14.2. The van der Waals surface area contributed by atoms with Gasteiger partial charge >= 0.3 is 0 Å². The third kappa shape index (κ3) is 2.56. The second-order valence-electron chi connectivity index (χ2n) is 6.95. The number of nitrogens with two attached hydrogens (primary N) is 1. The minimum Gasteiger partial charge on any atom is -0.368 e. The third-order valence-electron chi connectivity index (χ3n) is 5.07. The van der Waals surface area contributed by atoms with Crippen LogP contribution in [-0.2, 0) is 4.79 Å². The third-order valence-corrected chi connectivity index (χ3v) is 5.07. The molecule has 1 saturated carbocycles. The maximum Gasteiger partial charge on any atom is 0.240 e. The van der Waals surface area contributed by atoms with E-state index in [0.29, 0.717) is 17.8 Å². The van der Waals surface area contributed by atoms with E-state index in [4.69, 9.17) is 5.73 Å². The molecule has 1 aliphatic carbocycles. The lowest BCUT2D eigenvalue weighted by molar-refractivity contribution is -0.119. The van der Waals surface area contributed by atoms with Crippen LogP contribution in [0.3, 0.4) is 0 Å². The van der Waals surface area contributed by atoms with Crippen LogP contribution in [-0.4, -0.2) is 43.1 Å². The summed E-state index contributed by atoms with van der Waals surface area (Å²) in [6.07, 6.45) is 5.95. The zero-order valence-electron chi connectivity index (χ0n) is 14.2. The molecule has 2 aliphatic rings. The number of nitrogens with zero attached hydrogens (tertiary/aromatic N) is 5. The second kappa shape index (κ2) is 5.72. The number of hydrogen-bond acceptors (Lipinski definition) is 6. The van der Waals surface area contributed by atoms with Crippen LogP contribution in [0.25, 0.3) is 5.65 Å². The predicted molar refractivity (Wildman–Crippen MR) is 96.4 cm³/mol. The molecule has 5 rings (SSSR count). The van der Waals surface area contributed by atoms with Crippen LogP contribution in [0.4, 0.5) is 17.7 Å². The van der Waals surface area contributed by atoms with Crippen LogP contribution in [0.2, 0.25) is 0 Å². The molecule has 0 aromatic carbocycles. The Labute approximate surface area is 149 Å². The van der Waals surface area contributed by atoms with E-state index in [0.717, 1.165) is 36.5 Å². The van der Waals surface area contributed by atoms with Crippen LogP contribution in [0, 0.1) is 0 Å². The average molecular weight is 352 g/mol. The summed E-state index contributed by atoms with van der Waals surface area (Å²) < 4.78 is 1.87. The van der Waals surface area contributed by atoms with E-state index in [1.54, 1.807) is 0 Å². The number of amides is 1. The first-order chi connectivity index (χ1) is 12.7. The lowest BCUT2D eigenvalue weighted by Crippen LogP contribution is -2.41. The number of nitrogens with one attached hydrogen (secondary N) is 2. The molecule has 134 valence electrons. The summed E-state index contributed by atoms with van der Waals surface area (Å²) in [5.74, 6) is 2.11. The number of carbonyl (C=O) groups excluding carboxylic acids is 1. The molecule has 0 spiro atoms. The van der Waals surface area contributed by atoms with Crippen LogP contribution in [0.1, 0.15) is 37.3 Å². The van der Waals surface area contributed by atoms with Gasteiger partial charge < -0.3 is 16.0 Å². The number of anilines is 3. The monoisotopic (exact) mass is 352 g/mol. The highest BCUT2D eigenvalue weighted by molar-refractivity contribution is 5.83. The number of rotatable bonds is 5. The van der Waals surface area contributed by atoms with Crippen molar-refractivity contribution in [1.82, 2.24) is 24.6 Å². The molecule has 1 amide bonds. The number of primary amides is 1. The van der Waals surface area contributed by atoms with Gasteiger partial charge in [0.25, 0.3) is 0 Å². The van der Waals surface area contributed by atoms with Gasteiger partial charge in [0.05, 0.1) is 0 Å². The first kappa shape index (κ1) is 15.2. The van der Waals surface area contributed by atoms with Crippen molar-refractivity contribution >= 4 is 29.3 Å². The Kier molecular flexibility index (Phi) is 3.34. The molecule has 0 unspecified atom stereocenters. The zero-order chi connectivity index (χ0) is 17.7. The predicted octanol–water partition coefficient (Wildman–Crippen LogP) is 1.53. The molecular formula is C17H20N8O. The lowest BCUT2D eigenvalue weighted by atomic mass is 10.2. The molecule has 4 N–H and O–H groups in total. The number of H-pyrrole nitrogens is 1. The summed E-state index contributed by atoms with van der Waals surface area (Å²) in [6, 6.07) is 5.49. The van der Waals surface area contributed by atoms with Gasteiger partial charge in [0.2, 0.25) is 17.8 Å². The molecule has 1 saturated heterocycles. The van der Waals surface area contributed by atoms with Gasteiger partial charge in [0, 0.05) is 30.4 Å². The molecule has 0 bridgehead atoms. The largest absolute Gasteiger partial charge is 0.368 e. The highest BCUT2D eigenvalue weighted by atomic mass is 16.1. The van der Waals surface area contributed by atoms with E-state index in [9.17, 15) is 4.79 Å². The van der Waals surface area contributed by atoms with E-state index in [-0.39, 0.29) is 11.9 Å². The minimum absolute atomic E-state index is 0.336. The fraction of sp³-hybridized carbons (Fsp3) is 0.412. The Hall–Kier alpha value is -3.10. The van der Waals surface area contributed by atoms with Gasteiger partial charge in [-0.05, 0) is 37.8 Å². The molecule has 3 aromatic rings. The van der Waals surface area contributed by atoms with Crippen molar-refractivity contribution in [2.24, 2.45) is 5.73 Å². The summed E-state index contributed by atoms with van der Waals surface area (Å²) in [5.41, 5.74) is 7.45. The first-order valence-electron chi connectivity index (χ1n) is 8.92. The Bertz CT molecular complexity index is 972. The maximum atomic E-state index is 11.7. The van der Waals surface area contributed by atoms with Crippen LogP contribution in [0.15, 0.2) is 24.4 Å². The molecule has 26 heavy (non-hydrogen) atoms. The lowest BCUT2D eigenvalue weighted by Gasteiger charge is -2.22. The summed E-state index contributed by atoms with van der Waals surface area (Å²) in [4.78, 5) is 22.9. The molecule has 9 heteroatoms. The number of aromatic amines is 1. The van der Waals surface area contributed by atoms with Crippen molar-refractivity contribution in [3.8, 4) is 0 Å². The molecular weight excluding hydrogens is 332 g/mol. The molecule has 4 heterocycles. The van der Waals surface area contributed by atoms with E-state index in [1.165, 1.54) is 12.8 Å². The van der Waals surface area contributed by atoms with Crippen LogP contribution >= 0.6 is 0 Å². The van der Waals surface area contributed by atoms with Gasteiger partial charge in [-0.25, -0.2) is 0 Å². The smallest absolute Gasteiger partial charge is 0.240 e. The Balaban J connectivity index is 1.51. The van der Waals surface area contributed by atoms with Gasteiger partial charge in [0.1, 0.15) is 11.7 Å². The average Bonchev–Trinajstić information content (AvgIpc) is 3.06. The second-order valence-corrected chi connectivity index (χ2v) is 6.95. The number of carbonyl (C=O) groups is 1. The van der Waals surface area contributed by atoms with Gasteiger partial charge in [-0.15, -0.1) is 0 Å². The van der Waals surface area contributed by atoms with Gasteiger partial charge in [-0.1, -0.05) is 0 Å².